The molecule has 0 fully saturated rings. The molecule has 0 unspecified atom stereocenters. The zero-order valence-corrected chi connectivity index (χ0v) is 4.86. The number of hydrogen-bond acceptors (Lipinski definition) is 2. The molecule has 0 saturated carbocycles. The van der Waals surface area contributed by atoms with Crippen LogP contribution >= 0.6 is 15.9 Å². The molecule has 0 spiro atoms. The van der Waals surface area contributed by atoms with E-state index in [1.165, 1.54) is 6.07 Å². The van der Waals surface area contributed by atoms with E-state index in [4.69, 9.17) is 0 Å². The summed E-state index contributed by atoms with van der Waals surface area (Å²) in [6.07, 6.45) is 0. The molecular weight excluding hydrogens is 162 g/mol. The third-order valence-electron chi connectivity index (χ3n) is 0.494. The lowest BCUT2D eigenvalue weighted by molar-refractivity contribution is 0.395. The Labute approximate surface area is 47.4 Å². The van der Waals surface area contributed by atoms with Crippen LogP contribution in [0, 0.1) is 0 Å². The van der Waals surface area contributed by atoms with Gasteiger partial charge in [0.1, 0.15) is 0 Å². The molecule has 0 radical (unpaired) electrons. The van der Waals surface area contributed by atoms with E-state index >= 15 is 0 Å². The summed E-state index contributed by atoms with van der Waals surface area (Å²) in [6, 6.07) is 1.31. The van der Waals surface area contributed by atoms with Crippen LogP contribution in [0.5, 0.6) is 0 Å². The maximum absolute atomic E-state index is 10.1. The molecule has 38 valence electrons. The second kappa shape index (κ2) is 1.54. The zero-order chi connectivity index (χ0) is 5.28. The molecule has 1 aromatic rings. The Bertz CT molecular complexity index is 201. The van der Waals surface area contributed by atoms with Gasteiger partial charge in [-0.1, -0.05) is 0 Å². The van der Waals surface area contributed by atoms with Crippen LogP contribution in [0.4, 0.5) is 0 Å². The fourth-order valence-corrected chi connectivity index (χ4v) is 0.550. The quantitative estimate of drug-likeness (QED) is 0.614. The average molecular weight is 164 g/mol. The van der Waals surface area contributed by atoms with Crippen LogP contribution < -0.4 is 5.56 Å². The van der Waals surface area contributed by atoms with Crippen molar-refractivity contribution < 1.29 is 4.52 Å². The maximum atomic E-state index is 10.1. The molecule has 0 aliphatic rings. The third kappa shape index (κ3) is 0.928. The Balaban J connectivity index is 3.30. The topological polar surface area (TPSA) is 46.0 Å². The molecule has 0 amide bonds. The van der Waals surface area contributed by atoms with Gasteiger partial charge in [-0.15, -0.1) is 0 Å². The van der Waals surface area contributed by atoms with Gasteiger partial charge in [-0.3, -0.25) is 4.79 Å². The SMILES string of the molecule is O=c1cc(Br)o[nH]1. The molecule has 0 bridgehead atoms. The Morgan fingerprint density at radius 2 is 2.57 bits per heavy atom. The summed E-state index contributed by atoms with van der Waals surface area (Å²) in [5.74, 6) is 0. The van der Waals surface area contributed by atoms with Crippen molar-refractivity contribution >= 4 is 15.9 Å². The fraction of sp³-hybridized carbons (Fsp3) is 0. The van der Waals surface area contributed by atoms with Crippen LogP contribution in [0.2, 0.25) is 0 Å². The number of rotatable bonds is 0. The van der Waals surface area contributed by atoms with Gasteiger partial charge < -0.3 is 4.52 Å². The monoisotopic (exact) mass is 163 g/mol. The van der Waals surface area contributed by atoms with Gasteiger partial charge in [0.2, 0.25) is 4.67 Å². The Morgan fingerprint density at radius 3 is 2.71 bits per heavy atom. The number of aromatic nitrogens is 1. The van der Waals surface area contributed by atoms with Crippen molar-refractivity contribution in [3.05, 3.63) is 21.1 Å². The first-order valence-electron chi connectivity index (χ1n) is 1.63. The van der Waals surface area contributed by atoms with Crippen molar-refractivity contribution in [2.75, 3.05) is 0 Å². The molecule has 0 aliphatic heterocycles. The van der Waals surface area contributed by atoms with Gasteiger partial charge in [-0.2, -0.15) is 5.16 Å². The van der Waals surface area contributed by atoms with Gasteiger partial charge in [0, 0.05) is 0 Å². The predicted octanol–water partition coefficient (Wildman–Crippen LogP) is 0.730. The largest absolute Gasteiger partial charge is 0.372 e. The van der Waals surface area contributed by atoms with Gasteiger partial charge in [-0.25, -0.2) is 0 Å². The Hall–Kier alpha value is -0.510. The van der Waals surface area contributed by atoms with Crippen LogP contribution in [0.25, 0.3) is 0 Å². The van der Waals surface area contributed by atoms with E-state index in [-0.39, 0.29) is 5.56 Å². The lowest BCUT2D eigenvalue weighted by Gasteiger charge is -1.64. The highest BCUT2D eigenvalue weighted by Crippen LogP contribution is 2.00. The highest BCUT2D eigenvalue weighted by atomic mass is 79.9. The average Bonchev–Trinajstić information content (AvgIpc) is 1.87. The van der Waals surface area contributed by atoms with Crippen molar-refractivity contribution in [2.45, 2.75) is 0 Å². The minimum Gasteiger partial charge on any atom is -0.372 e. The van der Waals surface area contributed by atoms with Crippen molar-refractivity contribution in [1.29, 1.82) is 0 Å². The van der Waals surface area contributed by atoms with E-state index in [1.807, 2.05) is 0 Å². The minimum absolute atomic E-state index is 0.230. The predicted molar refractivity (Wildman–Crippen MR) is 27.0 cm³/mol. The second-order valence-corrected chi connectivity index (χ2v) is 1.80. The van der Waals surface area contributed by atoms with Crippen LogP contribution in [-0.2, 0) is 0 Å². The van der Waals surface area contributed by atoms with E-state index < -0.39 is 0 Å². The number of H-pyrrole nitrogens is 1. The Morgan fingerprint density at radius 1 is 1.86 bits per heavy atom. The van der Waals surface area contributed by atoms with Gasteiger partial charge in [-0.05, 0) is 15.9 Å². The smallest absolute Gasteiger partial charge is 0.281 e. The molecule has 1 aromatic heterocycles. The fourth-order valence-electron chi connectivity index (χ4n) is 0.261. The van der Waals surface area contributed by atoms with E-state index in [1.54, 1.807) is 0 Å². The lowest BCUT2D eigenvalue weighted by Crippen LogP contribution is -1.92. The molecule has 1 N–H and O–H groups in total. The second-order valence-electron chi connectivity index (χ2n) is 1.02. The summed E-state index contributed by atoms with van der Waals surface area (Å²) in [4.78, 5) is 10.1. The van der Waals surface area contributed by atoms with Crippen LogP contribution in [0.1, 0.15) is 0 Å². The molecule has 1 rings (SSSR count). The molecule has 0 atom stereocenters. The first kappa shape index (κ1) is 4.64. The number of nitrogens with one attached hydrogen (secondary N) is 1. The zero-order valence-electron chi connectivity index (χ0n) is 3.27. The standard InChI is InChI=1S/C3H2BrNO2/c4-2-1-3(6)5-7-2/h1H,(H,5,6). The molecular formula is C3H2BrNO2. The molecule has 3 nitrogen and oxygen atoms in total. The first-order valence-corrected chi connectivity index (χ1v) is 2.42. The highest BCUT2D eigenvalue weighted by molar-refractivity contribution is 9.10. The molecule has 0 aromatic carbocycles. The van der Waals surface area contributed by atoms with E-state index in [9.17, 15) is 4.79 Å². The summed E-state index contributed by atoms with van der Waals surface area (Å²) in [5.41, 5.74) is -0.230. The number of halogens is 1. The van der Waals surface area contributed by atoms with E-state index in [2.05, 4.69) is 25.6 Å². The van der Waals surface area contributed by atoms with Crippen LogP contribution in [0.15, 0.2) is 20.1 Å². The highest BCUT2D eigenvalue weighted by Gasteiger charge is 1.87. The summed E-state index contributed by atoms with van der Waals surface area (Å²) in [7, 11) is 0. The molecule has 1 heterocycles. The van der Waals surface area contributed by atoms with Gasteiger partial charge in [0.15, 0.2) is 0 Å². The normalized spacial score (nSPS) is 9.29. The van der Waals surface area contributed by atoms with Crippen molar-refractivity contribution in [2.24, 2.45) is 0 Å². The summed E-state index contributed by atoms with van der Waals surface area (Å²) >= 11 is 2.93. The van der Waals surface area contributed by atoms with E-state index in [0.29, 0.717) is 4.67 Å². The molecule has 7 heavy (non-hydrogen) atoms. The minimum atomic E-state index is -0.230. The first-order chi connectivity index (χ1) is 3.29. The van der Waals surface area contributed by atoms with Gasteiger partial charge in [0.05, 0.1) is 6.07 Å². The van der Waals surface area contributed by atoms with Crippen molar-refractivity contribution in [1.82, 2.24) is 5.16 Å². The number of hydrogen-bond donors (Lipinski definition) is 1. The Kier molecular flexibility index (Phi) is 1.02. The van der Waals surface area contributed by atoms with Crippen LogP contribution in [-0.4, -0.2) is 5.16 Å². The molecule has 0 saturated heterocycles. The van der Waals surface area contributed by atoms with Gasteiger partial charge >= 0.3 is 0 Å². The third-order valence-corrected chi connectivity index (χ3v) is 0.884. The number of aromatic amines is 1. The van der Waals surface area contributed by atoms with Crippen LogP contribution in [0.3, 0.4) is 0 Å². The summed E-state index contributed by atoms with van der Waals surface area (Å²) in [6.45, 7) is 0. The lowest BCUT2D eigenvalue weighted by atomic mass is 10.8. The summed E-state index contributed by atoms with van der Waals surface area (Å²) in [5, 5.41) is 2.09. The van der Waals surface area contributed by atoms with E-state index in [0.717, 1.165) is 0 Å². The van der Waals surface area contributed by atoms with Gasteiger partial charge in [0.25, 0.3) is 5.56 Å². The maximum Gasteiger partial charge on any atom is 0.281 e. The molecule has 0 aliphatic carbocycles. The summed E-state index contributed by atoms with van der Waals surface area (Å²) < 4.78 is 4.87. The van der Waals surface area contributed by atoms with Crippen molar-refractivity contribution in [3.63, 3.8) is 0 Å². The van der Waals surface area contributed by atoms with Crippen molar-refractivity contribution in [3.8, 4) is 0 Å². The molecule has 4 heteroatoms.